The average Bonchev–Trinajstić information content (AvgIpc) is 3.56. The first kappa shape index (κ1) is 32.1. The summed E-state index contributed by atoms with van der Waals surface area (Å²) in [6.45, 7) is 1.94. The van der Waals surface area contributed by atoms with Gasteiger partial charge in [-0.05, 0) is 78.7 Å². The van der Waals surface area contributed by atoms with Crippen LogP contribution in [0.1, 0.15) is 29.3 Å². The molecule has 0 saturated carbocycles. The van der Waals surface area contributed by atoms with Gasteiger partial charge in [-0.3, -0.25) is 19.4 Å². The number of nitrogens with one attached hydrogen (secondary N) is 3. The number of carbonyl (C=O) groups excluding carboxylic acids is 3. The van der Waals surface area contributed by atoms with Crippen molar-refractivity contribution in [1.82, 2.24) is 15.3 Å². The Morgan fingerprint density at radius 2 is 1.76 bits per heavy atom. The third-order valence-corrected chi connectivity index (χ3v) is 8.79. The zero-order chi connectivity index (χ0) is 32.3. The van der Waals surface area contributed by atoms with Crippen molar-refractivity contribution in [1.29, 1.82) is 0 Å². The smallest absolute Gasteiger partial charge is 0.272 e. The second kappa shape index (κ2) is 15.6. The van der Waals surface area contributed by atoms with E-state index < -0.39 is 17.1 Å². The zero-order valence-corrected chi connectivity index (χ0v) is 26.7. The van der Waals surface area contributed by atoms with E-state index in [2.05, 4.69) is 25.9 Å². The van der Waals surface area contributed by atoms with Crippen molar-refractivity contribution >= 4 is 57.7 Å². The summed E-state index contributed by atoms with van der Waals surface area (Å²) >= 11 is 2.75. The van der Waals surface area contributed by atoms with Gasteiger partial charge in [0.15, 0.2) is 5.13 Å². The van der Waals surface area contributed by atoms with Crippen LogP contribution in [0.25, 0.3) is 17.3 Å². The van der Waals surface area contributed by atoms with Crippen LogP contribution in [0.3, 0.4) is 0 Å². The summed E-state index contributed by atoms with van der Waals surface area (Å²) in [5, 5.41) is 10.6. The molecule has 5 rings (SSSR count). The van der Waals surface area contributed by atoms with E-state index >= 15 is 0 Å². The van der Waals surface area contributed by atoms with E-state index in [1.165, 1.54) is 23.1 Å². The minimum absolute atomic E-state index is 0.0585. The third-order valence-electron chi connectivity index (χ3n) is 6.68. The Balaban J connectivity index is 1.25. The molecule has 0 spiro atoms. The molecule has 46 heavy (non-hydrogen) atoms. The summed E-state index contributed by atoms with van der Waals surface area (Å²) in [6.07, 6.45) is 5.37. The predicted octanol–water partition coefficient (Wildman–Crippen LogP) is 7.13. The largest absolute Gasteiger partial charge is 0.497 e. The van der Waals surface area contributed by atoms with Crippen LogP contribution in [0.15, 0.2) is 119 Å². The number of hydrogen-bond donors (Lipinski definition) is 3. The maximum Gasteiger partial charge on any atom is 0.272 e. The SMILES string of the molecule is CCC(Sc1cccc(NC(=O)/C(=C/c2cccnc2)NC(=O)c2ccccc2)c1)C(=O)Nc1nc(-c2ccc(OC)cc2)cs1. The molecule has 3 N–H and O–H groups in total. The molecule has 1 unspecified atom stereocenters. The Kier molecular flexibility index (Phi) is 10.9. The number of ether oxygens (including phenoxy) is 1. The van der Waals surface area contributed by atoms with Crippen LogP contribution in [0.4, 0.5) is 10.8 Å². The van der Waals surface area contributed by atoms with E-state index in [9.17, 15) is 14.4 Å². The third kappa shape index (κ3) is 8.68. The fourth-order valence-electron chi connectivity index (χ4n) is 4.31. The van der Waals surface area contributed by atoms with Gasteiger partial charge in [0.05, 0.1) is 18.1 Å². The molecule has 0 bridgehead atoms. The number of carbonyl (C=O) groups is 3. The number of rotatable bonds is 12. The summed E-state index contributed by atoms with van der Waals surface area (Å²) < 4.78 is 5.22. The van der Waals surface area contributed by atoms with Gasteiger partial charge in [-0.2, -0.15) is 0 Å². The molecule has 3 aromatic carbocycles. The molecule has 232 valence electrons. The van der Waals surface area contributed by atoms with E-state index in [1.54, 1.807) is 80.2 Å². The number of nitrogens with zero attached hydrogens (tertiary/aromatic N) is 2. The molecule has 0 aliphatic rings. The molecule has 2 heterocycles. The van der Waals surface area contributed by atoms with E-state index in [4.69, 9.17) is 4.74 Å². The molecule has 0 saturated heterocycles. The molecule has 3 amide bonds. The van der Waals surface area contributed by atoms with Gasteiger partial charge in [-0.25, -0.2) is 4.98 Å². The number of methoxy groups -OCH3 is 1. The quantitative estimate of drug-likeness (QED) is 0.0971. The number of thiazole rings is 1. The molecular weight excluding hydrogens is 619 g/mol. The molecule has 9 nitrogen and oxygen atoms in total. The lowest BCUT2D eigenvalue weighted by Crippen LogP contribution is -2.30. The maximum atomic E-state index is 13.4. The topological polar surface area (TPSA) is 122 Å². The summed E-state index contributed by atoms with van der Waals surface area (Å²) in [5.41, 5.74) is 3.34. The Morgan fingerprint density at radius 3 is 2.48 bits per heavy atom. The van der Waals surface area contributed by atoms with Gasteiger partial charge in [0.1, 0.15) is 11.4 Å². The monoisotopic (exact) mass is 649 g/mol. The van der Waals surface area contributed by atoms with Crippen molar-refractivity contribution in [2.24, 2.45) is 0 Å². The highest BCUT2D eigenvalue weighted by Gasteiger charge is 2.20. The van der Waals surface area contributed by atoms with Gasteiger partial charge in [0.25, 0.3) is 11.8 Å². The molecule has 11 heteroatoms. The second-order valence-corrected chi connectivity index (χ2v) is 12.1. The highest BCUT2D eigenvalue weighted by atomic mass is 32.2. The molecule has 0 aliphatic carbocycles. The van der Waals surface area contributed by atoms with Crippen molar-refractivity contribution in [3.8, 4) is 17.0 Å². The Morgan fingerprint density at radius 1 is 0.957 bits per heavy atom. The average molecular weight is 650 g/mol. The van der Waals surface area contributed by atoms with E-state index in [1.807, 2.05) is 48.7 Å². The number of pyridine rings is 1. The van der Waals surface area contributed by atoms with Crippen LogP contribution >= 0.6 is 23.1 Å². The van der Waals surface area contributed by atoms with Crippen LogP contribution < -0.4 is 20.7 Å². The van der Waals surface area contributed by atoms with Crippen molar-refractivity contribution in [3.63, 3.8) is 0 Å². The fraction of sp³-hybridized carbons (Fsp3) is 0.114. The summed E-state index contributed by atoms with van der Waals surface area (Å²) in [6, 6.07) is 27.0. The minimum atomic E-state index is -0.503. The molecule has 0 fully saturated rings. The van der Waals surface area contributed by atoms with Gasteiger partial charge in [-0.1, -0.05) is 37.3 Å². The molecule has 0 aliphatic heterocycles. The van der Waals surface area contributed by atoms with E-state index in [0.29, 0.717) is 28.4 Å². The first-order valence-electron chi connectivity index (χ1n) is 14.4. The minimum Gasteiger partial charge on any atom is -0.497 e. The Hall–Kier alpha value is -5.26. The van der Waals surface area contributed by atoms with Crippen LogP contribution in [0.2, 0.25) is 0 Å². The predicted molar refractivity (Wildman–Crippen MR) is 184 cm³/mol. The zero-order valence-electron chi connectivity index (χ0n) is 25.1. The number of benzene rings is 3. The highest BCUT2D eigenvalue weighted by Crippen LogP contribution is 2.30. The first-order chi connectivity index (χ1) is 22.4. The number of thioether (sulfide) groups is 1. The standard InChI is InChI=1S/C35H31N5O4S2/c1-3-31(34(43)40-35-39-30(22-45-35)24-14-16-27(44-2)17-15-24)46-28-13-7-12-26(20-28)37-33(42)29(19-23-9-8-18-36-21-23)38-32(41)25-10-5-4-6-11-25/h4-22,31H,3H2,1-2H3,(H,37,42)(H,38,41)(H,39,40,43)/b29-19-. The van der Waals surface area contributed by atoms with Gasteiger partial charge in [-0.15, -0.1) is 23.1 Å². The summed E-state index contributed by atoms with van der Waals surface area (Å²) in [5.74, 6) is -0.321. The lowest BCUT2D eigenvalue weighted by Gasteiger charge is -2.15. The first-order valence-corrected chi connectivity index (χ1v) is 16.1. The van der Waals surface area contributed by atoms with Crippen LogP contribution in [-0.4, -0.2) is 40.0 Å². The van der Waals surface area contributed by atoms with Gasteiger partial charge in [0, 0.05) is 39.5 Å². The van der Waals surface area contributed by atoms with E-state index in [-0.39, 0.29) is 11.6 Å². The Labute approximate surface area is 275 Å². The highest BCUT2D eigenvalue weighted by molar-refractivity contribution is 8.00. The van der Waals surface area contributed by atoms with Gasteiger partial charge < -0.3 is 20.7 Å². The summed E-state index contributed by atoms with van der Waals surface area (Å²) in [4.78, 5) is 49.0. The lowest BCUT2D eigenvalue weighted by molar-refractivity contribution is -0.116. The van der Waals surface area contributed by atoms with Crippen molar-refractivity contribution in [2.75, 3.05) is 17.7 Å². The molecule has 5 aromatic rings. The Bertz CT molecular complexity index is 1830. The normalized spacial score (nSPS) is 11.7. The van der Waals surface area contributed by atoms with Crippen molar-refractivity contribution in [3.05, 3.63) is 126 Å². The van der Waals surface area contributed by atoms with Gasteiger partial charge >= 0.3 is 0 Å². The van der Waals surface area contributed by atoms with Crippen molar-refractivity contribution < 1.29 is 19.1 Å². The van der Waals surface area contributed by atoms with Crippen LogP contribution in [0.5, 0.6) is 5.75 Å². The second-order valence-electron chi connectivity index (χ2n) is 9.92. The number of hydrogen-bond acceptors (Lipinski definition) is 8. The van der Waals surface area contributed by atoms with Gasteiger partial charge in [0.2, 0.25) is 5.91 Å². The van der Waals surface area contributed by atoms with Crippen LogP contribution in [-0.2, 0) is 9.59 Å². The molecular formula is C35H31N5O4S2. The number of amides is 3. The number of anilines is 2. The number of aromatic nitrogens is 2. The molecule has 2 aromatic heterocycles. The molecule has 1 atom stereocenters. The summed E-state index contributed by atoms with van der Waals surface area (Å²) in [7, 11) is 1.62. The maximum absolute atomic E-state index is 13.4. The van der Waals surface area contributed by atoms with Crippen LogP contribution in [0, 0.1) is 0 Å². The van der Waals surface area contributed by atoms with Crippen molar-refractivity contribution in [2.45, 2.75) is 23.5 Å². The van der Waals surface area contributed by atoms with E-state index in [0.717, 1.165) is 21.9 Å². The fourth-order valence-corrected chi connectivity index (χ4v) is 6.05. The lowest BCUT2D eigenvalue weighted by atomic mass is 10.2. The molecule has 0 radical (unpaired) electrons.